The van der Waals surface area contributed by atoms with Crippen LogP contribution in [-0.2, 0) is 9.53 Å². The normalized spacial score (nSPS) is 17.5. The average molecular weight is 314 g/mol. The number of ether oxygens (including phenoxy) is 2. The maximum Gasteiger partial charge on any atom is 0.237 e. The fourth-order valence-electron chi connectivity index (χ4n) is 2.28. The van der Waals surface area contributed by atoms with Crippen molar-refractivity contribution < 1.29 is 14.3 Å². The monoisotopic (exact) mass is 314 g/mol. The quantitative estimate of drug-likeness (QED) is 0.871. The summed E-state index contributed by atoms with van der Waals surface area (Å²) in [7, 11) is 0. The highest BCUT2D eigenvalue weighted by molar-refractivity contribution is 5.91. The van der Waals surface area contributed by atoms with Gasteiger partial charge in [0.15, 0.2) is 0 Å². The van der Waals surface area contributed by atoms with E-state index < -0.39 is 0 Å². The van der Waals surface area contributed by atoms with E-state index in [4.69, 9.17) is 9.47 Å². The first-order valence-electron chi connectivity index (χ1n) is 7.44. The number of nitrogens with one attached hydrogen (secondary N) is 2. The maximum atomic E-state index is 12.1. The van der Waals surface area contributed by atoms with E-state index in [1.165, 1.54) is 6.20 Å². The van der Waals surface area contributed by atoms with Gasteiger partial charge in [0, 0.05) is 43.2 Å². The third kappa shape index (κ3) is 4.73. The topological polar surface area (TPSA) is 85.4 Å². The van der Waals surface area contributed by atoms with Crippen LogP contribution in [0.3, 0.4) is 0 Å². The molecule has 0 aliphatic carbocycles. The van der Waals surface area contributed by atoms with Crippen LogP contribution in [0.2, 0.25) is 0 Å². The van der Waals surface area contributed by atoms with Crippen LogP contribution in [0, 0.1) is 0 Å². The van der Waals surface area contributed by atoms with E-state index in [9.17, 15) is 4.79 Å². The third-order valence-corrected chi connectivity index (χ3v) is 3.31. The SMILES string of the molecule is O=C(CC1COCCN1)Nc1cccc(Oc2cnccn2)c1. The Hall–Kier alpha value is -2.51. The van der Waals surface area contributed by atoms with Gasteiger partial charge in [0.25, 0.3) is 0 Å². The Morgan fingerprint density at radius 2 is 2.39 bits per heavy atom. The van der Waals surface area contributed by atoms with E-state index in [0.29, 0.717) is 37.0 Å². The molecule has 23 heavy (non-hydrogen) atoms. The Balaban J connectivity index is 1.57. The van der Waals surface area contributed by atoms with E-state index in [0.717, 1.165) is 6.54 Å². The van der Waals surface area contributed by atoms with E-state index in [-0.39, 0.29) is 11.9 Å². The first-order valence-corrected chi connectivity index (χ1v) is 7.44. The molecule has 1 atom stereocenters. The minimum atomic E-state index is -0.0651. The summed E-state index contributed by atoms with van der Waals surface area (Å²) < 4.78 is 10.9. The molecule has 1 aromatic carbocycles. The number of nitrogens with zero attached hydrogens (tertiary/aromatic N) is 2. The lowest BCUT2D eigenvalue weighted by molar-refractivity contribution is -0.117. The van der Waals surface area contributed by atoms with Crippen molar-refractivity contribution in [3.63, 3.8) is 0 Å². The zero-order valence-electron chi connectivity index (χ0n) is 12.6. The predicted molar refractivity (Wildman–Crippen MR) is 84.4 cm³/mol. The third-order valence-electron chi connectivity index (χ3n) is 3.31. The fourth-order valence-corrected chi connectivity index (χ4v) is 2.28. The summed E-state index contributed by atoms with van der Waals surface area (Å²) in [4.78, 5) is 20.1. The molecule has 2 N–H and O–H groups in total. The zero-order valence-corrected chi connectivity index (χ0v) is 12.6. The smallest absolute Gasteiger partial charge is 0.237 e. The number of carbonyl (C=O) groups excluding carboxylic acids is 1. The summed E-state index contributed by atoms with van der Waals surface area (Å²) in [5.41, 5.74) is 0.674. The predicted octanol–water partition coefficient (Wildman–Crippen LogP) is 1.59. The number of aromatic nitrogens is 2. The number of carbonyl (C=O) groups is 1. The fraction of sp³-hybridized carbons (Fsp3) is 0.312. The van der Waals surface area contributed by atoms with E-state index in [1.54, 1.807) is 24.5 Å². The summed E-state index contributed by atoms with van der Waals surface area (Å²) in [6.07, 6.45) is 5.03. The summed E-state index contributed by atoms with van der Waals surface area (Å²) in [5, 5.41) is 6.12. The lowest BCUT2D eigenvalue weighted by atomic mass is 10.2. The van der Waals surface area contributed by atoms with Gasteiger partial charge >= 0.3 is 0 Å². The van der Waals surface area contributed by atoms with Crippen molar-refractivity contribution in [3.05, 3.63) is 42.9 Å². The number of hydrogen-bond acceptors (Lipinski definition) is 6. The van der Waals surface area contributed by atoms with Gasteiger partial charge in [0.1, 0.15) is 5.75 Å². The number of anilines is 1. The van der Waals surface area contributed by atoms with E-state index in [1.807, 2.05) is 12.1 Å². The molecular weight excluding hydrogens is 296 g/mol. The minimum absolute atomic E-state index is 0.0581. The second-order valence-corrected chi connectivity index (χ2v) is 5.15. The van der Waals surface area contributed by atoms with Crippen LogP contribution in [0.15, 0.2) is 42.9 Å². The second-order valence-electron chi connectivity index (χ2n) is 5.15. The molecule has 0 spiro atoms. The number of morpholine rings is 1. The van der Waals surface area contributed by atoms with Crippen molar-refractivity contribution in [2.75, 3.05) is 25.1 Å². The van der Waals surface area contributed by atoms with Crippen LogP contribution < -0.4 is 15.4 Å². The van der Waals surface area contributed by atoms with Gasteiger partial charge < -0.3 is 20.1 Å². The Morgan fingerprint density at radius 3 is 3.17 bits per heavy atom. The van der Waals surface area contributed by atoms with Gasteiger partial charge in [-0.1, -0.05) is 6.07 Å². The summed E-state index contributed by atoms with van der Waals surface area (Å²) >= 11 is 0. The molecule has 120 valence electrons. The molecule has 0 saturated carbocycles. The van der Waals surface area contributed by atoms with Gasteiger partial charge in [-0.25, -0.2) is 4.98 Å². The van der Waals surface area contributed by atoms with Crippen LogP contribution >= 0.6 is 0 Å². The highest BCUT2D eigenvalue weighted by atomic mass is 16.5. The maximum absolute atomic E-state index is 12.1. The minimum Gasteiger partial charge on any atom is -0.437 e. The molecule has 2 aromatic rings. The van der Waals surface area contributed by atoms with Crippen LogP contribution in [0.5, 0.6) is 11.6 Å². The number of benzene rings is 1. The molecular formula is C16H18N4O3. The molecule has 1 unspecified atom stereocenters. The highest BCUT2D eigenvalue weighted by Gasteiger charge is 2.16. The van der Waals surface area contributed by atoms with E-state index >= 15 is 0 Å². The Morgan fingerprint density at radius 1 is 1.43 bits per heavy atom. The summed E-state index contributed by atoms with van der Waals surface area (Å²) in [6, 6.07) is 7.22. The van der Waals surface area contributed by atoms with Gasteiger partial charge in [-0.2, -0.15) is 0 Å². The number of amides is 1. The van der Waals surface area contributed by atoms with Crippen molar-refractivity contribution in [2.45, 2.75) is 12.5 Å². The van der Waals surface area contributed by atoms with Crippen molar-refractivity contribution in [1.82, 2.24) is 15.3 Å². The molecule has 1 aliphatic rings. The molecule has 2 heterocycles. The van der Waals surface area contributed by atoms with Crippen molar-refractivity contribution in [3.8, 4) is 11.6 Å². The van der Waals surface area contributed by atoms with Crippen molar-refractivity contribution in [2.24, 2.45) is 0 Å². The van der Waals surface area contributed by atoms with Crippen LogP contribution in [0.25, 0.3) is 0 Å². The first kappa shape index (κ1) is 15.4. The van der Waals surface area contributed by atoms with Crippen molar-refractivity contribution >= 4 is 11.6 Å². The highest BCUT2D eigenvalue weighted by Crippen LogP contribution is 2.22. The zero-order chi connectivity index (χ0) is 15.9. The second kappa shape index (κ2) is 7.66. The van der Waals surface area contributed by atoms with Gasteiger partial charge in [-0.3, -0.25) is 9.78 Å². The van der Waals surface area contributed by atoms with Crippen LogP contribution in [-0.4, -0.2) is 41.7 Å². The van der Waals surface area contributed by atoms with Gasteiger partial charge in [-0.15, -0.1) is 0 Å². The molecule has 1 amide bonds. The van der Waals surface area contributed by atoms with Crippen LogP contribution in [0.1, 0.15) is 6.42 Å². The molecule has 7 heteroatoms. The summed E-state index contributed by atoms with van der Waals surface area (Å²) in [5.74, 6) is 0.923. The van der Waals surface area contributed by atoms with Crippen molar-refractivity contribution in [1.29, 1.82) is 0 Å². The average Bonchev–Trinajstić information content (AvgIpc) is 2.57. The Bertz CT molecular complexity index is 645. The largest absolute Gasteiger partial charge is 0.437 e. The standard InChI is InChI=1S/C16H18N4O3/c21-15(9-13-11-22-7-6-18-13)20-12-2-1-3-14(8-12)23-16-10-17-4-5-19-16/h1-5,8,10,13,18H,6-7,9,11H2,(H,20,21). The lowest BCUT2D eigenvalue weighted by Crippen LogP contribution is -2.43. The number of rotatable bonds is 5. The molecule has 0 radical (unpaired) electrons. The first-order chi connectivity index (χ1) is 11.3. The molecule has 1 aliphatic heterocycles. The lowest BCUT2D eigenvalue weighted by Gasteiger charge is -2.23. The van der Waals surface area contributed by atoms with Crippen LogP contribution in [0.4, 0.5) is 5.69 Å². The van der Waals surface area contributed by atoms with Gasteiger partial charge in [0.2, 0.25) is 11.8 Å². The molecule has 1 aromatic heterocycles. The van der Waals surface area contributed by atoms with E-state index in [2.05, 4.69) is 20.6 Å². The molecule has 7 nitrogen and oxygen atoms in total. The van der Waals surface area contributed by atoms with Gasteiger partial charge in [0.05, 0.1) is 19.4 Å². The molecule has 1 saturated heterocycles. The molecule has 0 bridgehead atoms. The molecule has 1 fully saturated rings. The summed E-state index contributed by atoms with van der Waals surface area (Å²) in [6.45, 7) is 2.03. The number of hydrogen-bond donors (Lipinski definition) is 2. The molecule has 3 rings (SSSR count). The Labute approximate surface area is 134 Å². The Kier molecular flexibility index (Phi) is 5.13. The van der Waals surface area contributed by atoms with Gasteiger partial charge in [-0.05, 0) is 12.1 Å².